The molecule has 0 spiro atoms. The molecule has 2 aromatic heterocycles. The molecule has 162 valence electrons. The van der Waals surface area contributed by atoms with Gasteiger partial charge in [-0.15, -0.1) is 0 Å². The lowest BCUT2D eigenvalue weighted by atomic mass is 10.0. The van der Waals surface area contributed by atoms with E-state index in [9.17, 15) is 9.59 Å². The molecule has 0 aliphatic carbocycles. The molecule has 1 aromatic carbocycles. The van der Waals surface area contributed by atoms with Crippen molar-refractivity contribution in [2.45, 2.75) is 58.0 Å². The van der Waals surface area contributed by atoms with E-state index in [1.54, 1.807) is 0 Å². The van der Waals surface area contributed by atoms with Crippen LogP contribution in [0.1, 0.15) is 52.3 Å². The third-order valence-corrected chi connectivity index (χ3v) is 6.92. The van der Waals surface area contributed by atoms with Crippen molar-refractivity contribution in [2.75, 3.05) is 11.1 Å². The van der Waals surface area contributed by atoms with Gasteiger partial charge in [0, 0.05) is 24.3 Å². The second kappa shape index (κ2) is 8.70. The normalized spacial score (nSPS) is 13.6. The molecule has 3 aromatic rings. The molecular formula is C23H27N5O2S. The highest BCUT2D eigenvalue weighted by atomic mass is 32.2. The van der Waals surface area contributed by atoms with Crippen molar-refractivity contribution in [3.63, 3.8) is 0 Å². The highest BCUT2D eigenvalue weighted by molar-refractivity contribution is 8.00. The van der Waals surface area contributed by atoms with Gasteiger partial charge in [-0.1, -0.05) is 18.2 Å². The molecule has 0 bridgehead atoms. The van der Waals surface area contributed by atoms with Crippen molar-refractivity contribution >= 4 is 40.3 Å². The van der Waals surface area contributed by atoms with Gasteiger partial charge in [-0.2, -0.15) is 0 Å². The first-order valence-electron chi connectivity index (χ1n) is 10.5. The van der Waals surface area contributed by atoms with Gasteiger partial charge in [-0.25, -0.2) is 9.97 Å². The third-order valence-electron chi connectivity index (χ3n) is 5.94. The molecule has 1 aliphatic rings. The molecule has 3 N–H and O–H groups in total. The van der Waals surface area contributed by atoms with Crippen molar-refractivity contribution in [1.82, 2.24) is 14.5 Å². The fourth-order valence-corrected chi connectivity index (χ4v) is 5.00. The van der Waals surface area contributed by atoms with E-state index < -0.39 is 5.91 Å². The molecule has 0 saturated heterocycles. The number of carbonyl (C=O) groups is 2. The average molecular weight is 438 g/mol. The number of hydrogen-bond acceptors (Lipinski definition) is 5. The van der Waals surface area contributed by atoms with Gasteiger partial charge in [0.2, 0.25) is 5.91 Å². The molecule has 3 heterocycles. The van der Waals surface area contributed by atoms with E-state index in [2.05, 4.69) is 14.9 Å². The van der Waals surface area contributed by atoms with E-state index >= 15 is 0 Å². The summed E-state index contributed by atoms with van der Waals surface area (Å²) >= 11 is 1.22. The van der Waals surface area contributed by atoms with E-state index in [1.807, 2.05) is 39.0 Å². The number of thioether (sulfide) groups is 1. The Kier molecular flexibility index (Phi) is 6.00. The molecule has 0 fully saturated rings. The van der Waals surface area contributed by atoms with Gasteiger partial charge in [0.25, 0.3) is 5.91 Å². The first kappa shape index (κ1) is 21.4. The lowest BCUT2D eigenvalue weighted by molar-refractivity contribution is -0.113. The van der Waals surface area contributed by atoms with Crippen molar-refractivity contribution in [1.29, 1.82) is 0 Å². The summed E-state index contributed by atoms with van der Waals surface area (Å²) in [6.07, 6.45) is 4.58. The van der Waals surface area contributed by atoms with Crippen LogP contribution in [0.4, 0.5) is 5.69 Å². The Morgan fingerprint density at radius 1 is 1.13 bits per heavy atom. The Bertz CT molecular complexity index is 1180. The monoisotopic (exact) mass is 437 g/mol. The topological polar surface area (TPSA) is 103 Å². The van der Waals surface area contributed by atoms with Crippen molar-refractivity contribution in [2.24, 2.45) is 5.73 Å². The van der Waals surface area contributed by atoms with E-state index in [0.717, 1.165) is 46.6 Å². The molecule has 0 saturated carbocycles. The maximum atomic E-state index is 12.6. The Morgan fingerprint density at radius 3 is 2.71 bits per heavy atom. The number of carbonyl (C=O) groups excluding carboxylic acids is 2. The number of aromatic nitrogens is 3. The summed E-state index contributed by atoms with van der Waals surface area (Å²) in [6.45, 7) is 6.66. The van der Waals surface area contributed by atoms with E-state index in [0.29, 0.717) is 16.3 Å². The summed E-state index contributed by atoms with van der Waals surface area (Å²) in [7, 11) is 0. The Labute approximate surface area is 185 Å². The molecule has 0 atom stereocenters. The highest BCUT2D eigenvalue weighted by Gasteiger charge is 2.19. The third kappa shape index (κ3) is 4.30. The van der Waals surface area contributed by atoms with Crippen LogP contribution in [0.3, 0.4) is 0 Å². The van der Waals surface area contributed by atoms with Gasteiger partial charge in [0.05, 0.1) is 22.3 Å². The van der Waals surface area contributed by atoms with Crippen LogP contribution >= 0.6 is 11.8 Å². The SMILES string of the molecule is Cc1nc(SCC(=O)Nc2ccc3c(c2)nc2n3CCCCC2)c(C(N)=O)c(C)c1C. The zero-order valence-corrected chi connectivity index (χ0v) is 18.9. The van der Waals surface area contributed by atoms with E-state index in [1.165, 1.54) is 31.0 Å². The summed E-state index contributed by atoms with van der Waals surface area (Å²) < 4.78 is 2.29. The Balaban J connectivity index is 1.48. The number of amides is 2. The minimum Gasteiger partial charge on any atom is -0.366 e. The van der Waals surface area contributed by atoms with Crippen LogP contribution in [0.25, 0.3) is 11.0 Å². The number of fused-ring (bicyclic) bond motifs is 3. The van der Waals surface area contributed by atoms with Gasteiger partial charge in [0.15, 0.2) is 0 Å². The molecule has 31 heavy (non-hydrogen) atoms. The number of anilines is 1. The van der Waals surface area contributed by atoms with Gasteiger partial charge in [-0.3, -0.25) is 9.59 Å². The summed E-state index contributed by atoms with van der Waals surface area (Å²) in [5.74, 6) is 0.563. The lowest BCUT2D eigenvalue weighted by Gasteiger charge is -2.13. The van der Waals surface area contributed by atoms with E-state index in [4.69, 9.17) is 10.7 Å². The number of imidazole rings is 1. The van der Waals surface area contributed by atoms with E-state index in [-0.39, 0.29) is 11.7 Å². The Morgan fingerprint density at radius 2 is 1.94 bits per heavy atom. The summed E-state index contributed by atoms with van der Waals surface area (Å²) in [5.41, 5.74) is 11.3. The van der Waals surface area contributed by atoms with Crippen molar-refractivity contribution < 1.29 is 9.59 Å². The molecule has 1 aliphatic heterocycles. The number of rotatable bonds is 5. The van der Waals surface area contributed by atoms with Crippen LogP contribution < -0.4 is 11.1 Å². The molecule has 7 nitrogen and oxygen atoms in total. The predicted molar refractivity (Wildman–Crippen MR) is 124 cm³/mol. The quantitative estimate of drug-likeness (QED) is 0.589. The molecule has 4 rings (SSSR count). The zero-order chi connectivity index (χ0) is 22.1. The maximum absolute atomic E-state index is 12.6. The Hall–Kier alpha value is -2.87. The lowest BCUT2D eigenvalue weighted by Crippen LogP contribution is -2.18. The number of hydrogen-bond donors (Lipinski definition) is 2. The van der Waals surface area contributed by atoms with Crippen LogP contribution in [0.5, 0.6) is 0 Å². The first-order chi connectivity index (χ1) is 14.8. The fourth-order valence-electron chi connectivity index (χ4n) is 4.06. The smallest absolute Gasteiger partial charge is 0.251 e. The largest absolute Gasteiger partial charge is 0.366 e. The standard InChI is InChI=1S/C23H27N5O2S/c1-13-14(2)21(22(24)30)23(25-15(13)3)31-12-20(29)26-16-8-9-18-17(11-16)27-19-7-5-4-6-10-28(18)19/h8-9,11H,4-7,10,12H2,1-3H3,(H2,24,30)(H,26,29). The van der Waals surface area contributed by atoms with Crippen LogP contribution in [0.2, 0.25) is 0 Å². The van der Waals surface area contributed by atoms with Gasteiger partial charge >= 0.3 is 0 Å². The molecule has 0 radical (unpaired) electrons. The predicted octanol–water partition coefficient (Wildman–Crippen LogP) is 3.91. The van der Waals surface area contributed by atoms with Gasteiger partial charge in [-0.05, 0) is 62.9 Å². The first-order valence-corrected chi connectivity index (χ1v) is 11.5. The zero-order valence-electron chi connectivity index (χ0n) is 18.1. The summed E-state index contributed by atoms with van der Waals surface area (Å²) in [4.78, 5) is 33.8. The summed E-state index contributed by atoms with van der Waals surface area (Å²) in [5, 5.41) is 3.43. The number of aryl methyl sites for hydroxylation is 3. The molecular weight excluding hydrogens is 410 g/mol. The van der Waals surface area contributed by atoms with Gasteiger partial charge < -0.3 is 15.6 Å². The minimum absolute atomic E-state index is 0.132. The number of nitrogens with one attached hydrogen (secondary N) is 1. The number of pyridine rings is 1. The second-order valence-electron chi connectivity index (χ2n) is 8.02. The molecule has 8 heteroatoms. The molecule has 0 unspecified atom stereocenters. The van der Waals surface area contributed by atoms with Crippen molar-refractivity contribution in [3.05, 3.63) is 46.4 Å². The van der Waals surface area contributed by atoms with Crippen LogP contribution in [-0.4, -0.2) is 32.1 Å². The van der Waals surface area contributed by atoms with Crippen LogP contribution in [-0.2, 0) is 17.8 Å². The fraction of sp³-hybridized carbons (Fsp3) is 0.391. The highest BCUT2D eigenvalue weighted by Crippen LogP contribution is 2.28. The minimum atomic E-state index is -0.527. The van der Waals surface area contributed by atoms with Crippen LogP contribution in [0.15, 0.2) is 23.2 Å². The molecule has 2 amide bonds. The summed E-state index contributed by atoms with van der Waals surface area (Å²) in [6, 6.07) is 5.87. The van der Waals surface area contributed by atoms with Crippen molar-refractivity contribution in [3.8, 4) is 0 Å². The number of nitrogens with zero attached hydrogens (tertiary/aromatic N) is 3. The average Bonchev–Trinajstić information content (AvgIpc) is 2.89. The number of nitrogens with two attached hydrogens (primary N) is 1. The van der Waals surface area contributed by atoms with Gasteiger partial charge in [0.1, 0.15) is 10.9 Å². The number of benzene rings is 1. The maximum Gasteiger partial charge on any atom is 0.251 e. The number of primary amides is 1. The second-order valence-corrected chi connectivity index (χ2v) is 8.99. The van der Waals surface area contributed by atoms with Crippen LogP contribution in [0, 0.1) is 20.8 Å².